The summed E-state index contributed by atoms with van der Waals surface area (Å²) in [5, 5.41) is 8.03. The summed E-state index contributed by atoms with van der Waals surface area (Å²) in [5.74, 6) is 0.111. The van der Waals surface area contributed by atoms with Crippen molar-refractivity contribution in [2.45, 2.75) is 27.7 Å². The van der Waals surface area contributed by atoms with Crippen LogP contribution in [-0.4, -0.2) is 16.0 Å². The number of benzene rings is 1. The predicted molar refractivity (Wildman–Crippen MR) is 69.6 cm³/mol. The summed E-state index contributed by atoms with van der Waals surface area (Å²) in [6.07, 6.45) is 0. The van der Waals surface area contributed by atoms with Crippen molar-refractivity contribution in [2.75, 3.05) is 0 Å². The molecule has 0 saturated heterocycles. The van der Waals surface area contributed by atoms with Crippen molar-refractivity contribution in [3.63, 3.8) is 0 Å². The second kappa shape index (κ2) is 3.84. The Morgan fingerprint density at radius 2 is 2.00 bits per heavy atom. The van der Waals surface area contributed by atoms with E-state index in [0.29, 0.717) is 10.7 Å². The van der Waals surface area contributed by atoms with Crippen LogP contribution in [-0.2, 0) is 0 Å². The van der Waals surface area contributed by atoms with Crippen LogP contribution >= 0.6 is 11.6 Å². The van der Waals surface area contributed by atoms with Gasteiger partial charge in [-0.05, 0) is 24.6 Å². The fourth-order valence-corrected chi connectivity index (χ4v) is 2.02. The molecular weight excluding hydrogens is 236 g/mol. The third kappa shape index (κ3) is 2.07. The number of halogens is 1. The lowest BCUT2D eigenvalue weighted by Gasteiger charge is -2.17. The van der Waals surface area contributed by atoms with Crippen LogP contribution in [0, 0.1) is 12.3 Å². The number of carbonyl (C=O) groups is 1. The topological polar surface area (TPSA) is 45.8 Å². The van der Waals surface area contributed by atoms with Crippen LogP contribution in [0.5, 0.6) is 0 Å². The van der Waals surface area contributed by atoms with Crippen molar-refractivity contribution in [2.24, 2.45) is 5.41 Å². The molecule has 0 spiro atoms. The van der Waals surface area contributed by atoms with Gasteiger partial charge in [0.25, 0.3) is 0 Å². The average Bonchev–Trinajstić information content (AvgIpc) is 2.59. The number of hydrogen-bond acceptors (Lipinski definition) is 2. The first kappa shape index (κ1) is 12.1. The Balaban J connectivity index is 2.65. The normalized spacial score (nSPS) is 12.1. The van der Waals surface area contributed by atoms with Gasteiger partial charge >= 0.3 is 0 Å². The summed E-state index contributed by atoms with van der Waals surface area (Å²) in [6.45, 7) is 7.67. The number of nitrogens with zero attached hydrogens (tertiary/aromatic N) is 1. The van der Waals surface area contributed by atoms with Crippen molar-refractivity contribution in [3.8, 4) is 0 Å². The molecule has 1 aromatic heterocycles. The van der Waals surface area contributed by atoms with Gasteiger partial charge < -0.3 is 0 Å². The number of ketones is 1. The molecule has 17 heavy (non-hydrogen) atoms. The molecular formula is C13H15ClN2O. The zero-order chi connectivity index (χ0) is 12.8. The third-order valence-corrected chi connectivity index (χ3v) is 3.06. The van der Waals surface area contributed by atoms with E-state index >= 15 is 0 Å². The maximum Gasteiger partial charge on any atom is 0.168 e. The predicted octanol–water partition coefficient (Wildman–Crippen LogP) is 3.75. The molecule has 0 radical (unpaired) electrons. The summed E-state index contributed by atoms with van der Waals surface area (Å²) in [6, 6.07) is 3.69. The number of aryl methyl sites for hydroxylation is 1. The Morgan fingerprint density at radius 1 is 1.35 bits per heavy atom. The zero-order valence-electron chi connectivity index (χ0n) is 10.4. The van der Waals surface area contributed by atoms with E-state index in [9.17, 15) is 4.79 Å². The number of rotatable bonds is 1. The van der Waals surface area contributed by atoms with Crippen LogP contribution in [0.2, 0.25) is 5.15 Å². The summed E-state index contributed by atoms with van der Waals surface area (Å²) < 4.78 is 0. The molecule has 1 N–H and O–H groups in total. The van der Waals surface area contributed by atoms with Gasteiger partial charge in [-0.3, -0.25) is 9.89 Å². The molecule has 0 unspecified atom stereocenters. The first-order valence-corrected chi connectivity index (χ1v) is 5.87. The number of Topliss-reactive ketones (excluding diaryl/α,β-unsaturated/α-hetero) is 1. The summed E-state index contributed by atoms with van der Waals surface area (Å²) >= 11 is 5.98. The Labute approximate surface area is 105 Å². The molecule has 4 heteroatoms. The van der Waals surface area contributed by atoms with Gasteiger partial charge in [0.1, 0.15) is 0 Å². The highest BCUT2D eigenvalue weighted by Gasteiger charge is 2.24. The largest absolute Gasteiger partial charge is 0.294 e. The van der Waals surface area contributed by atoms with Crippen LogP contribution in [0.4, 0.5) is 0 Å². The van der Waals surface area contributed by atoms with Crippen molar-refractivity contribution >= 4 is 28.3 Å². The first-order chi connectivity index (χ1) is 7.80. The van der Waals surface area contributed by atoms with Gasteiger partial charge in [0.15, 0.2) is 10.9 Å². The molecule has 2 rings (SSSR count). The highest BCUT2D eigenvalue weighted by Crippen LogP contribution is 2.28. The molecule has 3 nitrogen and oxygen atoms in total. The van der Waals surface area contributed by atoms with Gasteiger partial charge in [-0.1, -0.05) is 32.4 Å². The van der Waals surface area contributed by atoms with Crippen LogP contribution in [0.25, 0.3) is 10.9 Å². The van der Waals surface area contributed by atoms with E-state index < -0.39 is 5.41 Å². The molecule has 2 aromatic rings. The number of hydrogen-bond donors (Lipinski definition) is 1. The van der Waals surface area contributed by atoms with Crippen molar-refractivity contribution in [1.29, 1.82) is 0 Å². The number of aromatic amines is 1. The lowest BCUT2D eigenvalue weighted by atomic mass is 9.86. The molecule has 0 aliphatic carbocycles. The van der Waals surface area contributed by atoms with E-state index in [2.05, 4.69) is 10.2 Å². The van der Waals surface area contributed by atoms with E-state index in [1.165, 1.54) is 0 Å². The van der Waals surface area contributed by atoms with Gasteiger partial charge in [0.05, 0.1) is 5.52 Å². The molecule has 1 aromatic carbocycles. The van der Waals surface area contributed by atoms with Crippen molar-refractivity contribution in [3.05, 3.63) is 28.4 Å². The number of H-pyrrole nitrogens is 1. The molecule has 0 aliphatic rings. The van der Waals surface area contributed by atoms with Crippen molar-refractivity contribution in [1.82, 2.24) is 10.2 Å². The second-order valence-electron chi connectivity index (χ2n) is 5.31. The average molecular weight is 251 g/mol. The fraction of sp³-hybridized carbons (Fsp3) is 0.385. The van der Waals surface area contributed by atoms with Crippen LogP contribution < -0.4 is 0 Å². The second-order valence-corrected chi connectivity index (χ2v) is 5.67. The molecule has 0 atom stereocenters. The Bertz CT molecular complexity index is 593. The smallest absolute Gasteiger partial charge is 0.168 e. The molecule has 0 amide bonds. The van der Waals surface area contributed by atoms with Crippen LogP contribution in [0.1, 0.15) is 36.7 Å². The monoisotopic (exact) mass is 250 g/mol. The quantitative estimate of drug-likeness (QED) is 0.784. The van der Waals surface area contributed by atoms with E-state index in [4.69, 9.17) is 11.6 Å². The van der Waals surface area contributed by atoms with E-state index in [1.807, 2.05) is 39.8 Å². The maximum absolute atomic E-state index is 12.2. The van der Waals surface area contributed by atoms with Crippen LogP contribution in [0.15, 0.2) is 12.1 Å². The molecule has 0 saturated carbocycles. The Morgan fingerprint density at radius 3 is 2.59 bits per heavy atom. The van der Waals surface area contributed by atoms with E-state index in [0.717, 1.165) is 16.5 Å². The molecule has 0 fully saturated rings. The standard InChI is InChI=1S/C13H15ClN2O/c1-7-5-8(11(17)13(2,3)4)6-9-10(7)15-16-12(9)14/h5-6H,1-4H3,(H,15,16). The molecule has 1 heterocycles. The summed E-state index contributed by atoms with van der Waals surface area (Å²) in [5.41, 5.74) is 2.16. The van der Waals surface area contributed by atoms with Crippen molar-refractivity contribution < 1.29 is 4.79 Å². The van der Waals surface area contributed by atoms with E-state index in [-0.39, 0.29) is 5.78 Å². The minimum atomic E-state index is -0.393. The number of aromatic nitrogens is 2. The van der Waals surface area contributed by atoms with E-state index in [1.54, 1.807) is 0 Å². The lowest BCUT2D eigenvalue weighted by molar-refractivity contribution is 0.0858. The Kier molecular flexibility index (Phi) is 2.74. The Hall–Kier alpha value is -1.35. The fourth-order valence-electron chi connectivity index (χ4n) is 1.83. The maximum atomic E-state index is 12.2. The number of nitrogens with one attached hydrogen (secondary N) is 1. The van der Waals surface area contributed by atoms with Gasteiger partial charge in [0.2, 0.25) is 0 Å². The van der Waals surface area contributed by atoms with Gasteiger partial charge in [-0.2, -0.15) is 5.10 Å². The summed E-state index contributed by atoms with van der Waals surface area (Å²) in [4.78, 5) is 12.2. The SMILES string of the molecule is Cc1cc(C(=O)C(C)(C)C)cc2c(Cl)n[nH]c12. The molecule has 0 aliphatic heterocycles. The van der Waals surface area contributed by atoms with Gasteiger partial charge in [-0.25, -0.2) is 0 Å². The highest BCUT2D eigenvalue weighted by atomic mass is 35.5. The minimum absolute atomic E-state index is 0.111. The first-order valence-electron chi connectivity index (χ1n) is 5.50. The van der Waals surface area contributed by atoms with Gasteiger partial charge in [-0.15, -0.1) is 0 Å². The number of carbonyl (C=O) groups excluding carboxylic acids is 1. The third-order valence-electron chi connectivity index (χ3n) is 2.77. The van der Waals surface area contributed by atoms with Gasteiger partial charge in [0, 0.05) is 16.4 Å². The lowest BCUT2D eigenvalue weighted by Crippen LogP contribution is -2.20. The molecule has 90 valence electrons. The summed E-state index contributed by atoms with van der Waals surface area (Å²) in [7, 11) is 0. The zero-order valence-corrected chi connectivity index (χ0v) is 11.1. The number of fused-ring (bicyclic) bond motifs is 1. The molecule has 0 bridgehead atoms. The highest BCUT2D eigenvalue weighted by molar-refractivity contribution is 6.34. The van der Waals surface area contributed by atoms with Crippen LogP contribution in [0.3, 0.4) is 0 Å². The minimum Gasteiger partial charge on any atom is -0.294 e.